The molecule has 0 spiro atoms. The van der Waals surface area contributed by atoms with Crippen molar-refractivity contribution in [1.29, 1.82) is 0 Å². The summed E-state index contributed by atoms with van der Waals surface area (Å²) < 4.78 is 4.92. The number of aryl methyl sites for hydroxylation is 1. The van der Waals surface area contributed by atoms with Gasteiger partial charge in [0.05, 0.1) is 5.02 Å². The lowest BCUT2D eigenvalue weighted by Gasteiger charge is -1.95. The fourth-order valence-corrected chi connectivity index (χ4v) is 1.53. The highest BCUT2D eigenvalue weighted by atomic mass is 35.5. The van der Waals surface area contributed by atoms with Crippen LogP contribution in [-0.4, -0.2) is 4.98 Å². The maximum Gasteiger partial charge on any atom is 0.353 e. The van der Waals surface area contributed by atoms with Gasteiger partial charge in [0, 0.05) is 18.0 Å². The molecule has 0 N–H and O–H groups in total. The lowest BCUT2D eigenvalue weighted by atomic mass is 10.2. The second-order valence-electron chi connectivity index (χ2n) is 3.36. The van der Waals surface area contributed by atoms with Gasteiger partial charge < -0.3 is 4.42 Å². The van der Waals surface area contributed by atoms with Crippen molar-refractivity contribution < 1.29 is 4.42 Å². The zero-order valence-electron chi connectivity index (χ0n) is 9.03. The van der Waals surface area contributed by atoms with Crippen molar-refractivity contribution in [3.8, 4) is 11.8 Å². The largest absolute Gasteiger partial charge is 0.427 e. The Morgan fingerprint density at radius 3 is 2.88 bits per heavy atom. The number of pyridine rings is 1. The zero-order chi connectivity index (χ0) is 12.3. The highest BCUT2D eigenvalue weighted by Gasteiger charge is 2.05. The van der Waals surface area contributed by atoms with Crippen LogP contribution in [-0.2, 0) is 0 Å². The average molecular weight is 246 g/mol. The molecule has 0 saturated carbocycles. The highest BCUT2D eigenvalue weighted by Crippen LogP contribution is 2.12. The van der Waals surface area contributed by atoms with Gasteiger partial charge in [-0.15, -0.1) is 0 Å². The first-order valence-corrected chi connectivity index (χ1v) is 5.27. The average Bonchev–Trinajstić information content (AvgIpc) is 2.29. The molecule has 2 aromatic heterocycles. The number of hydrogen-bond donors (Lipinski definition) is 0. The van der Waals surface area contributed by atoms with E-state index in [1.165, 1.54) is 0 Å². The molecule has 17 heavy (non-hydrogen) atoms. The van der Waals surface area contributed by atoms with Crippen LogP contribution in [0.15, 0.2) is 39.8 Å². The van der Waals surface area contributed by atoms with Crippen LogP contribution >= 0.6 is 11.6 Å². The Morgan fingerprint density at radius 2 is 2.24 bits per heavy atom. The third kappa shape index (κ3) is 2.74. The number of hydrogen-bond acceptors (Lipinski definition) is 3. The summed E-state index contributed by atoms with van der Waals surface area (Å²) in [4.78, 5) is 15.4. The van der Waals surface area contributed by atoms with E-state index >= 15 is 0 Å². The van der Waals surface area contributed by atoms with E-state index in [-0.39, 0.29) is 5.56 Å². The minimum atomic E-state index is -0.522. The van der Waals surface area contributed by atoms with Crippen LogP contribution in [0.2, 0.25) is 5.02 Å². The molecular formula is C13H8ClNO2. The molecular weight excluding hydrogens is 238 g/mol. The first-order valence-electron chi connectivity index (χ1n) is 4.89. The summed E-state index contributed by atoms with van der Waals surface area (Å²) in [5.41, 5.74) is 0.357. The molecule has 0 atom stereocenters. The van der Waals surface area contributed by atoms with E-state index < -0.39 is 5.63 Å². The molecule has 2 aromatic rings. The number of nitrogens with zero attached hydrogens (tertiary/aromatic N) is 1. The SMILES string of the molecule is Cc1cc(Cl)c(C#Cc2cccnc2)c(=O)o1. The van der Waals surface area contributed by atoms with E-state index in [9.17, 15) is 4.79 Å². The van der Waals surface area contributed by atoms with Crippen molar-refractivity contribution in [2.45, 2.75) is 6.92 Å². The van der Waals surface area contributed by atoms with Crippen molar-refractivity contribution in [2.75, 3.05) is 0 Å². The predicted molar refractivity (Wildman–Crippen MR) is 64.9 cm³/mol. The van der Waals surface area contributed by atoms with Gasteiger partial charge in [-0.1, -0.05) is 23.4 Å². The van der Waals surface area contributed by atoms with Gasteiger partial charge in [0.1, 0.15) is 11.3 Å². The molecule has 0 unspecified atom stereocenters. The van der Waals surface area contributed by atoms with Crippen LogP contribution in [0.25, 0.3) is 0 Å². The molecule has 3 nitrogen and oxygen atoms in total. The van der Waals surface area contributed by atoms with E-state index in [2.05, 4.69) is 16.8 Å². The predicted octanol–water partition coefficient (Wildman–Crippen LogP) is 2.40. The second kappa shape index (κ2) is 4.86. The molecule has 0 amide bonds. The summed E-state index contributed by atoms with van der Waals surface area (Å²) in [6.45, 7) is 1.66. The molecule has 0 aliphatic rings. The van der Waals surface area contributed by atoms with Crippen LogP contribution in [0.5, 0.6) is 0 Å². The molecule has 84 valence electrons. The van der Waals surface area contributed by atoms with E-state index in [1.54, 1.807) is 37.5 Å². The molecule has 0 bridgehead atoms. The monoisotopic (exact) mass is 245 g/mol. The minimum Gasteiger partial charge on any atom is -0.427 e. The summed E-state index contributed by atoms with van der Waals surface area (Å²) in [6.07, 6.45) is 3.26. The number of aromatic nitrogens is 1. The normalized spacial score (nSPS) is 9.53. The van der Waals surface area contributed by atoms with Crippen molar-refractivity contribution >= 4 is 11.6 Å². The van der Waals surface area contributed by atoms with Gasteiger partial charge in [0.2, 0.25) is 0 Å². The van der Waals surface area contributed by atoms with Crippen molar-refractivity contribution in [2.24, 2.45) is 0 Å². The summed E-state index contributed by atoms with van der Waals surface area (Å²) in [5.74, 6) is 5.97. The Morgan fingerprint density at radius 1 is 1.41 bits per heavy atom. The third-order valence-corrected chi connectivity index (χ3v) is 2.32. The standard InChI is InChI=1S/C13H8ClNO2/c1-9-7-12(14)11(13(16)17-9)5-4-10-3-2-6-15-8-10/h2-3,6-8H,1H3. The van der Waals surface area contributed by atoms with Crippen LogP contribution < -0.4 is 5.63 Å². The lowest BCUT2D eigenvalue weighted by molar-refractivity contribution is 0.478. The maximum absolute atomic E-state index is 11.5. The second-order valence-corrected chi connectivity index (χ2v) is 3.77. The van der Waals surface area contributed by atoms with Crippen LogP contribution in [0, 0.1) is 18.8 Å². The Bertz CT molecular complexity index is 651. The van der Waals surface area contributed by atoms with Crippen LogP contribution in [0.4, 0.5) is 0 Å². The first kappa shape index (κ1) is 11.4. The topological polar surface area (TPSA) is 43.1 Å². The number of rotatable bonds is 0. The van der Waals surface area contributed by atoms with Crippen molar-refractivity contribution in [1.82, 2.24) is 4.98 Å². The van der Waals surface area contributed by atoms with Gasteiger partial charge in [-0.2, -0.15) is 0 Å². The van der Waals surface area contributed by atoms with Gasteiger partial charge in [-0.05, 0) is 25.1 Å². The molecule has 2 heterocycles. The fourth-order valence-electron chi connectivity index (χ4n) is 1.26. The molecule has 0 radical (unpaired) electrons. The molecule has 0 fully saturated rings. The van der Waals surface area contributed by atoms with E-state index in [0.29, 0.717) is 16.3 Å². The molecule has 0 saturated heterocycles. The minimum absolute atomic E-state index is 0.168. The first-order chi connectivity index (χ1) is 8.16. The van der Waals surface area contributed by atoms with E-state index in [0.717, 1.165) is 0 Å². The summed E-state index contributed by atoms with van der Waals surface area (Å²) in [5, 5.41) is 0.301. The quantitative estimate of drug-likeness (QED) is 0.670. The van der Waals surface area contributed by atoms with Gasteiger partial charge >= 0.3 is 5.63 Å². The van der Waals surface area contributed by atoms with Crippen molar-refractivity contribution in [3.63, 3.8) is 0 Å². The Labute approximate surface area is 103 Å². The van der Waals surface area contributed by atoms with Gasteiger partial charge in [0.15, 0.2) is 0 Å². The lowest BCUT2D eigenvalue weighted by Crippen LogP contribution is -2.05. The molecule has 0 aliphatic heterocycles. The Balaban J connectivity index is 2.45. The van der Waals surface area contributed by atoms with E-state index in [1.807, 2.05) is 0 Å². The summed E-state index contributed by atoms with van der Waals surface area (Å²) in [6, 6.07) is 5.13. The maximum atomic E-state index is 11.5. The molecule has 2 rings (SSSR count). The molecule has 4 heteroatoms. The number of halogens is 1. The smallest absolute Gasteiger partial charge is 0.353 e. The van der Waals surface area contributed by atoms with Gasteiger partial charge in [0.25, 0.3) is 0 Å². The van der Waals surface area contributed by atoms with Crippen LogP contribution in [0.1, 0.15) is 16.9 Å². The Kier molecular flexibility index (Phi) is 3.27. The molecule has 0 aromatic carbocycles. The summed E-state index contributed by atoms with van der Waals surface area (Å²) in [7, 11) is 0. The van der Waals surface area contributed by atoms with Gasteiger partial charge in [-0.3, -0.25) is 4.98 Å². The van der Waals surface area contributed by atoms with E-state index in [4.69, 9.17) is 16.0 Å². The highest BCUT2D eigenvalue weighted by molar-refractivity contribution is 6.31. The molecule has 0 aliphatic carbocycles. The van der Waals surface area contributed by atoms with Crippen LogP contribution in [0.3, 0.4) is 0 Å². The summed E-state index contributed by atoms with van der Waals surface area (Å²) >= 11 is 5.92. The van der Waals surface area contributed by atoms with Crippen molar-refractivity contribution in [3.05, 3.63) is 62.9 Å². The zero-order valence-corrected chi connectivity index (χ0v) is 9.78. The fraction of sp³-hybridized carbons (Fsp3) is 0.0769. The third-order valence-electron chi connectivity index (χ3n) is 2.02. The Hall–Kier alpha value is -2.05. The van der Waals surface area contributed by atoms with Gasteiger partial charge in [-0.25, -0.2) is 4.79 Å².